The van der Waals surface area contributed by atoms with Crippen LogP contribution in [0.2, 0.25) is 0 Å². The summed E-state index contributed by atoms with van der Waals surface area (Å²) in [7, 11) is 0. The molecule has 1 rings (SSSR count). The molecule has 0 unspecified atom stereocenters. The third-order valence-corrected chi connectivity index (χ3v) is 2.58. The number of benzene rings is 1. The van der Waals surface area contributed by atoms with Crippen LogP contribution in [-0.2, 0) is 0 Å². The number of nitrogen functional groups attached to an aromatic ring is 1. The van der Waals surface area contributed by atoms with E-state index in [9.17, 15) is 4.79 Å². The lowest BCUT2D eigenvalue weighted by Gasteiger charge is -2.02. The minimum atomic E-state index is 0.116. The number of anilines is 1. The van der Waals surface area contributed by atoms with E-state index in [1.165, 1.54) is 0 Å². The number of hydrogen-bond donors (Lipinski definition) is 1. The normalized spacial score (nSPS) is 9.79. The summed E-state index contributed by atoms with van der Waals surface area (Å²) in [5, 5.41) is 0. The molecule has 0 heterocycles. The molecule has 0 saturated heterocycles. The van der Waals surface area contributed by atoms with E-state index in [1.54, 1.807) is 24.3 Å². The van der Waals surface area contributed by atoms with E-state index in [1.807, 2.05) is 0 Å². The maximum absolute atomic E-state index is 11.6. The summed E-state index contributed by atoms with van der Waals surface area (Å²) in [6.45, 7) is 3.58. The highest BCUT2D eigenvalue weighted by molar-refractivity contribution is 9.10. The zero-order valence-electron chi connectivity index (χ0n) is 7.79. The summed E-state index contributed by atoms with van der Waals surface area (Å²) in [6, 6.07) is 5.22. The molecule has 14 heavy (non-hydrogen) atoms. The average Bonchev–Trinajstić information content (AvgIpc) is 2.18. The Morgan fingerprint density at radius 1 is 1.57 bits per heavy atom. The number of ketones is 1. The number of halogens is 1. The van der Waals surface area contributed by atoms with Crippen LogP contribution in [0.15, 0.2) is 35.3 Å². The molecule has 0 radical (unpaired) electrons. The molecule has 1 aromatic rings. The fourth-order valence-corrected chi connectivity index (χ4v) is 1.46. The van der Waals surface area contributed by atoms with Crippen molar-refractivity contribution in [3.8, 4) is 0 Å². The Kier molecular flexibility index (Phi) is 3.89. The fraction of sp³-hybridized carbons (Fsp3) is 0.182. The smallest absolute Gasteiger partial charge is 0.163 e. The first-order valence-corrected chi connectivity index (χ1v) is 5.13. The first kappa shape index (κ1) is 11.0. The van der Waals surface area contributed by atoms with E-state index in [-0.39, 0.29) is 5.78 Å². The predicted molar refractivity (Wildman–Crippen MR) is 62.3 cm³/mol. The summed E-state index contributed by atoms with van der Waals surface area (Å²) in [6.07, 6.45) is 2.95. The zero-order valence-corrected chi connectivity index (χ0v) is 9.38. The Morgan fingerprint density at radius 2 is 2.29 bits per heavy atom. The van der Waals surface area contributed by atoms with Crippen molar-refractivity contribution in [2.75, 3.05) is 5.73 Å². The number of nitrogens with two attached hydrogens (primary N) is 1. The monoisotopic (exact) mass is 253 g/mol. The second kappa shape index (κ2) is 4.96. The van der Waals surface area contributed by atoms with Gasteiger partial charge in [0.2, 0.25) is 0 Å². The summed E-state index contributed by atoms with van der Waals surface area (Å²) >= 11 is 3.29. The Hall–Kier alpha value is -1.09. The van der Waals surface area contributed by atoms with Gasteiger partial charge in [-0.15, -0.1) is 6.58 Å². The van der Waals surface area contributed by atoms with Crippen LogP contribution in [0, 0.1) is 0 Å². The molecule has 0 amide bonds. The maximum atomic E-state index is 11.6. The van der Waals surface area contributed by atoms with E-state index >= 15 is 0 Å². The van der Waals surface area contributed by atoms with E-state index < -0.39 is 0 Å². The molecule has 2 nitrogen and oxygen atoms in total. The van der Waals surface area contributed by atoms with Gasteiger partial charge in [0.25, 0.3) is 0 Å². The van der Waals surface area contributed by atoms with Gasteiger partial charge < -0.3 is 5.73 Å². The van der Waals surface area contributed by atoms with Crippen LogP contribution in [0.5, 0.6) is 0 Å². The second-order valence-corrected chi connectivity index (χ2v) is 3.84. The number of Topliss-reactive ketones (excluding diaryl/α,β-unsaturated/α-hetero) is 1. The Balaban J connectivity index is 2.80. The minimum Gasteiger partial charge on any atom is -0.398 e. The number of carbonyl (C=O) groups excluding carboxylic acids is 1. The molecular weight excluding hydrogens is 242 g/mol. The van der Waals surface area contributed by atoms with Crippen molar-refractivity contribution in [1.82, 2.24) is 0 Å². The number of hydrogen-bond acceptors (Lipinski definition) is 2. The lowest BCUT2D eigenvalue weighted by atomic mass is 10.1. The standard InChI is InChI=1S/C11H12BrNO/c1-2-3-4-11(14)8-5-6-10(13)9(12)7-8/h2,5-7H,1,3-4,13H2. The van der Waals surface area contributed by atoms with Gasteiger partial charge >= 0.3 is 0 Å². The van der Waals surface area contributed by atoms with Gasteiger partial charge in [0.1, 0.15) is 0 Å². The second-order valence-electron chi connectivity index (χ2n) is 2.99. The topological polar surface area (TPSA) is 43.1 Å². The summed E-state index contributed by atoms with van der Waals surface area (Å²) in [5.41, 5.74) is 6.95. The van der Waals surface area contributed by atoms with Gasteiger partial charge in [-0.05, 0) is 40.5 Å². The lowest BCUT2D eigenvalue weighted by molar-refractivity contribution is 0.0983. The third-order valence-electron chi connectivity index (χ3n) is 1.90. The molecule has 0 bridgehead atoms. The quantitative estimate of drug-likeness (QED) is 0.509. The van der Waals surface area contributed by atoms with Crippen molar-refractivity contribution in [3.63, 3.8) is 0 Å². The highest BCUT2D eigenvalue weighted by Gasteiger charge is 2.06. The van der Waals surface area contributed by atoms with Crippen molar-refractivity contribution in [2.45, 2.75) is 12.8 Å². The first-order chi connectivity index (χ1) is 6.65. The first-order valence-electron chi connectivity index (χ1n) is 4.34. The van der Waals surface area contributed by atoms with Gasteiger partial charge in [-0.3, -0.25) is 4.79 Å². The molecule has 0 spiro atoms. The van der Waals surface area contributed by atoms with Crippen molar-refractivity contribution in [3.05, 3.63) is 40.9 Å². The van der Waals surface area contributed by atoms with Crippen molar-refractivity contribution in [1.29, 1.82) is 0 Å². The predicted octanol–water partition coefficient (Wildman–Crippen LogP) is 3.18. The average molecular weight is 254 g/mol. The molecule has 0 aromatic heterocycles. The van der Waals surface area contributed by atoms with Crippen LogP contribution >= 0.6 is 15.9 Å². The van der Waals surface area contributed by atoms with Gasteiger partial charge in [-0.1, -0.05) is 6.08 Å². The molecule has 2 N–H and O–H groups in total. The summed E-state index contributed by atoms with van der Waals surface area (Å²) in [5.74, 6) is 0.116. The third kappa shape index (κ3) is 2.70. The highest BCUT2D eigenvalue weighted by Crippen LogP contribution is 2.21. The van der Waals surface area contributed by atoms with Crippen molar-refractivity contribution >= 4 is 27.4 Å². The van der Waals surface area contributed by atoms with Crippen molar-refractivity contribution in [2.24, 2.45) is 0 Å². The van der Waals surface area contributed by atoms with Crippen LogP contribution < -0.4 is 5.73 Å². The SMILES string of the molecule is C=CCCC(=O)c1ccc(N)c(Br)c1. The number of rotatable bonds is 4. The van der Waals surface area contributed by atoms with Crippen LogP contribution in [0.3, 0.4) is 0 Å². The Labute approximate surface area is 91.9 Å². The molecule has 74 valence electrons. The van der Waals surface area contributed by atoms with Crippen LogP contribution in [0.4, 0.5) is 5.69 Å². The van der Waals surface area contributed by atoms with E-state index in [0.717, 1.165) is 4.47 Å². The van der Waals surface area contributed by atoms with E-state index in [0.29, 0.717) is 24.1 Å². The van der Waals surface area contributed by atoms with Crippen LogP contribution in [0.1, 0.15) is 23.2 Å². The highest BCUT2D eigenvalue weighted by atomic mass is 79.9. The Morgan fingerprint density at radius 3 is 2.86 bits per heavy atom. The van der Waals surface area contributed by atoms with E-state index in [4.69, 9.17) is 5.73 Å². The number of allylic oxidation sites excluding steroid dienone is 1. The zero-order chi connectivity index (χ0) is 10.6. The van der Waals surface area contributed by atoms with Crippen molar-refractivity contribution < 1.29 is 4.79 Å². The molecule has 0 atom stereocenters. The maximum Gasteiger partial charge on any atom is 0.163 e. The van der Waals surface area contributed by atoms with Gasteiger partial charge in [-0.25, -0.2) is 0 Å². The van der Waals surface area contributed by atoms with Gasteiger partial charge in [0, 0.05) is 22.1 Å². The molecular formula is C11H12BrNO. The van der Waals surface area contributed by atoms with E-state index in [2.05, 4.69) is 22.5 Å². The molecule has 0 aliphatic heterocycles. The molecule has 0 fully saturated rings. The Bertz CT molecular complexity index is 360. The van der Waals surface area contributed by atoms with Gasteiger partial charge in [0.15, 0.2) is 5.78 Å². The molecule has 0 saturated carbocycles. The fourth-order valence-electron chi connectivity index (χ4n) is 1.08. The molecule has 0 aliphatic carbocycles. The number of carbonyl (C=O) groups is 1. The van der Waals surface area contributed by atoms with Crippen LogP contribution in [-0.4, -0.2) is 5.78 Å². The lowest BCUT2D eigenvalue weighted by Crippen LogP contribution is -1.99. The minimum absolute atomic E-state index is 0.116. The summed E-state index contributed by atoms with van der Waals surface area (Å²) < 4.78 is 0.766. The molecule has 3 heteroatoms. The van der Waals surface area contributed by atoms with Gasteiger partial charge in [0.05, 0.1) is 0 Å². The molecule has 1 aromatic carbocycles. The largest absolute Gasteiger partial charge is 0.398 e. The van der Waals surface area contributed by atoms with Gasteiger partial charge in [-0.2, -0.15) is 0 Å². The van der Waals surface area contributed by atoms with Crippen LogP contribution in [0.25, 0.3) is 0 Å². The summed E-state index contributed by atoms with van der Waals surface area (Å²) in [4.78, 5) is 11.6. The molecule has 0 aliphatic rings.